The van der Waals surface area contributed by atoms with Gasteiger partial charge in [-0.25, -0.2) is 9.79 Å². The van der Waals surface area contributed by atoms with Gasteiger partial charge in [0, 0.05) is 13.1 Å². The fraction of sp³-hybridized carbons (Fsp3) is 0.484. The Kier molecular flexibility index (Phi) is 11.2. The van der Waals surface area contributed by atoms with Gasteiger partial charge in [0.2, 0.25) is 5.60 Å². The van der Waals surface area contributed by atoms with Crippen LogP contribution in [0.5, 0.6) is 0 Å². The number of urea groups is 1. The fourth-order valence-corrected chi connectivity index (χ4v) is 4.41. The number of nitrogens with zero attached hydrogens (tertiary/aromatic N) is 3. The number of aliphatic hydroxyl groups excluding tert-OH is 1. The van der Waals surface area contributed by atoms with Crippen molar-refractivity contribution in [2.75, 3.05) is 13.7 Å². The van der Waals surface area contributed by atoms with Crippen molar-refractivity contribution in [1.29, 1.82) is 10.7 Å². The molecule has 45 heavy (non-hydrogen) atoms. The summed E-state index contributed by atoms with van der Waals surface area (Å²) in [5.74, 6) is -1.46. The third-order valence-electron chi connectivity index (χ3n) is 7.49. The van der Waals surface area contributed by atoms with Crippen molar-refractivity contribution in [3.63, 3.8) is 0 Å². The highest BCUT2D eigenvalue weighted by molar-refractivity contribution is 6.08. The largest absolute Gasteiger partial charge is 0.463 e. The molecule has 1 aromatic heterocycles. The van der Waals surface area contributed by atoms with Crippen LogP contribution in [0.15, 0.2) is 47.5 Å². The van der Waals surface area contributed by atoms with Crippen molar-refractivity contribution >= 4 is 30.1 Å². The first-order valence-electron chi connectivity index (χ1n) is 14.4. The van der Waals surface area contributed by atoms with Gasteiger partial charge in [0.05, 0.1) is 17.8 Å². The summed E-state index contributed by atoms with van der Waals surface area (Å²) in [6, 6.07) is 12.1. The Morgan fingerprint density at radius 2 is 1.93 bits per heavy atom. The van der Waals surface area contributed by atoms with Crippen molar-refractivity contribution in [2.45, 2.75) is 77.0 Å². The average Bonchev–Trinajstić information content (AvgIpc) is 3.59. The molecule has 14 heteroatoms. The number of carbonyl (C=O) groups is 3. The molecule has 1 saturated heterocycles. The summed E-state index contributed by atoms with van der Waals surface area (Å²) < 4.78 is 17.1. The smallest absolute Gasteiger partial charge is 0.323 e. The number of aliphatic imine (C=N–C) groups is 1. The molecule has 1 aliphatic rings. The number of nitrogens with two attached hydrogens (primary N) is 1. The van der Waals surface area contributed by atoms with Crippen LogP contribution >= 0.6 is 0 Å². The lowest BCUT2D eigenvalue weighted by molar-refractivity contribution is -0.163. The Morgan fingerprint density at radius 3 is 2.51 bits per heavy atom. The SMILES string of the molecule is CC(C)N(C)C(=O)NC(=NC=N)c1ccc([C@]2(C#N)O[C@H](COC(=O)Cc3ccccc3)[C@@H](OC(=O)[C@@H](N)C(C)(C)C)[C@H]2O)[nH]1. The van der Waals surface area contributed by atoms with E-state index in [-0.39, 0.29) is 29.7 Å². The number of aromatic nitrogens is 1. The third-order valence-corrected chi connectivity index (χ3v) is 7.49. The third kappa shape index (κ3) is 8.13. The van der Waals surface area contributed by atoms with Gasteiger partial charge in [-0.1, -0.05) is 51.1 Å². The summed E-state index contributed by atoms with van der Waals surface area (Å²) in [7, 11) is 1.59. The number of nitriles is 1. The summed E-state index contributed by atoms with van der Waals surface area (Å²) in [5, 5.41) is 31.9. The molecule has 3 rings (SSSR count). The maximum Gasteiger partial charge on any atom is 0.323 e. The zero-order chi connectivity index (χ0) is 33.5. The van der Waals surface area contributed by atoms with E-state index in [9.17, 15) is 24.8 Å². The van der Waals surface area contributed by atoms with Crippen molar-refractivity contribution < 1.29 is 33.7 Å². The topological polar surface area (TPSA) is 216 Å². The highest BCUT2D eigenvalue weighted by atomic mass is 16.6. The number of aromatic amines is 1. The van der Waals surface area contributed by atoms with Crippen molar-refractivity contribution in [1.82, 2.24) is 15.2 Å². The number of amides is 2. The maximum absolute atomic E-state index is 13.0. The van der Waals surface area contributed by atoms with Crippen LogP contribution in [0.3, 0.4) is 0 Å². The summed E-state index contributed by atoms with van der Waals surface area (Å²) in [6.07, 6.45) is -3.76. The lowest BCUT2D eigenvalue weighted by Crippen LogP contribution is -2.49. The fourth-order valence-electron chi connectivity index (χ4n) is 4.41. The molecule has 5 atom stereocenters. The molecule has 14 nitrogen and oxygen atoms in total. The number of hydrogen-bond acceptors (Lipinski definition) is 10. The van der Waals surface area contributed by atoms with Crippen molar-refractivity contribution in [3.05, 3.63) is 59.4 Å². The molecule has 0 spiro atoms. The first-order chi connectivity index (χ1) is 21.1. The Bertz CT molecular complexity index is 1440. The van der Waals surface area contributed by atoms with Gasteiger partial charge in [-0.15, -0.1) is 0 Å². The molecule has 2 aromatic rings. The minimum atomic E-state index is -2.12. The van der Waals surface area contributed by atoms with E-state index in [1.165, 1.54) is 17.0 Å². The highest BCUT2D eigenvalue weighted by Gasteiger charge is 2.59. The van der Waals surface area contributed by atoms with E-state index in [2.05, 4.69) is 15.3 Å². The molecule has 6 N–H and O–H groups in total. The van der Waals surface area contributed by atoms with E-state index < -0.39 is 59.9 Å². The number of esters is 2. The van der Waals surface area contributed by atoms with Crippen LogP contribution in [0.25, 0.3) is 0 Å². The van der Waals surface area contributed by atoms with E-state index in [4.69, 9.17) is 25.4 Å². The minimum absolute atomic E-state index is 0.0279. The minimum Gasteiger partial charge on any atom is -0.463 e. The molecule has 2 amide bonds. The molecule has 0 unspecified atom stereocenters. The molecule has 0 radical (unpaired) electrons. The Labute approximate surface area is 262 Å². The second-order valence-electron chi connectivity index (χ2n) is 12.1. The summed E-state index contributed by atoms with van der Waals surface area (Å²) in [6.45, 7) is 8.43. The van der Waals surface area contributed by atoms with Gasteiger partial charge in [0.15, 0.2) is 11.9 Å². The van der Waals surface area contributed by atoms with Crippen LogP contribution in [-0.2, 0) is 35.8 Å². The van der Waals surface area contributed by atoms with Crippen molar-refractivity contribution in [2.24, 2.45) is 16.1 Å². The van der Waals surface area contributed by atoms with E-state index in [0.717, 1.165) is 6.34 Å². The molecule has 2 heterocycles. The predicted molar refractivity (Wildman–Crippen MR) is 164 cm³/mol. The van der Waals surface area contributed by atoms with Crippen LogP contribution in [0.2, 0.25) is 0 Å². The average molecular weight is 624 g/mol. The van der Waals surface area contributed by atoms with E-state index in [1.54, 1.807) is 52.1 Å². The summed E-state index contributed by atoms with van der Waals surface area (Å²) >= 11 is 0. The van der Waals surface area contributed by atoms with Crippen LogP contribution in [0, 0.1) is 22.2 Å². The first-order valence-corrected chi connectivity index (χ1v) is 14.4. The zero-order valence-electron chi connectivity index (χ0n) is 26.2. The number of amidine groups is 1. The molecule has 0 aliphatic carbocycles. The number of carbonyl (C=O) groups excluding carboxylic acids is 3. The van der Waals surface area contributed by atoms with E-state index in [1.807, 2.05) is 26.0 Å². The standard InChI is InChI=1S/C31H41N7O7/c1-18(2)38(6)29(42)37-27(35-17-33)20-12-13-22(36-20)31(16-32)26(40)24(44-28(41)25(34)30(3,4)5)21(45-31)15-43-23(39)14-19-10-8-7-9-11-19/h7-13,17-18,21,24-26,36,40H,14-15,34H2,1-6H3,(H2,33,35,37,42)/t21-,24-,25-,26-,31+/m1/s1. The number of hydrogen-bond donors (Lipinski definition) is 5. The Hall–Kier alpha value is -4.58. The molecule has 0 bridgehead atoms. The van der Waals surface area contributed by atoms with Gasteiger partial charge < -0.3 is 34.9 Å². The number of aliphatic hydroxyl groups is 1. The molecular formula is C31H41N7O7. The van der Waals surface area contributed by atoms with Crippen LogP contribution < -0.4 is 11.1 Å². The second kappa shape index (κ2) is 14.5. The number of benzene rings is 1. The van der Waals surface area contributed by atoms with Gasteiger partial charge >= 0.3 is 18.0 Å². The van der Waals surface area contributed by atoms with Gasteiger partial charge in [0.25, 0.3) is 0 Å². The van der Waals surface area contributed by atoms with Gasteiger partial charge in [-0.2, -0.15) is 5.26 Å². The number of nitrogens with one attached hydrogen (secondary N) is 3. The Balaban J connectivity index is 1.92. The lowest BCUT2D eigenvalue weighted by Gasteiger charge is -2.28. The van der Waals surface area contributed by atoms with Gasteiger partial charge in [-0.3, -0.25) is 20.3 Å². The van der Waals surface area contributed by atoms with Crippen LogP contribution in [0.4, 0.5) is 4.79 Å². The number of H-pyrrole nitrogens is 1. The van der Waals surface area contributed by atoms with Crippen molar-refractivity contribution in [3.8, 4) is 6.07 Å². The second-order valence-corrected chi connectivity index (χ2v) is 12.1. The lowest BCUT2D eigenvalue weighted by atomic mass is 9.87. The molecule has 1 aliphatic heterocycles. The van der Waals surface area contributed by atoms with Gasteiger partial charge in [-0.05, 0) is 37.0 Å². The number of ether oxygens (including phenoxy) is 3. The first kappa shape index (κ1) is 34.9. The van der Waals surface area contributed by atoms with Crippen LogP contribution in [-0.4, -0.2) is 89.2 Å². The zero-order valence-corrected chi connectivity index (χ0v) is 26.2. The predicted octanol–water partition coefficient (Wildman–Crippen LogP) is 1.97. The maximum atomic E-state index is 13.0. The molecule has 1 aromatic carbocycles. The molecular weight excluding hydrogens is 582 g/mol. The monoisotopic (exact) mass is 623 g/mol. The molecule has 0 saturated carbocycles. The van der Waals surface area contributed by atoms with Crippen LogP contribution in [0.1, 0.15) is 51.6 Å². The molecule has 242 valence electrons. The van der Waals surface area contributed by atoms with E-state index in [0.29, 0.717) is 5.56 Å². The highest BCUT2D eigenvalue weighted by Crippen LogP contribution is 2.41. The van der Waals surface area contributed by atoms with Gasteiger partial charge in [0.1, 0.15) is 37.3 Å². The summed E-state index contributed by atoms with van der Waals surface area (Å²) in [4.78, 5) is 46.6. The molecule has 1 fully saturated rings. The quantitative estimate of drug-likeness (QED) is 0.148. The summed E-state index contributed by atoms with van der Waals surface area (Å²) in [5.41, 5.74) is 4.25. The Morgan fingerprint density at radius 1 is 1.27 bits per heavy atom. The van der Waals surface area contributed by atoms with E-state index >= 15 is 0 Å². The number of rotatable bonds is 10. The normalized spacial score (nSPS) is 22.3.